The molecule has 0 amide bonds. The number of aromatic nitrogens is 4. The van der Waals surface area contributed by atoms with Gasteiger partial charge in [-0.1, -0.05) is 22.9 Å². The number of aliphatic hydroxyl groups is 2. The Kier molecular flexibility index (Phi) is 11.6. The minimum atomic E-state index is -3.00. The second-order valence-electron chi connectivity index (χ2n) is 13.0. The van der Waals surface area contributed by atoms with E-state index in [2.05, 4.69) is 19.7 Å². The fourth-order valence-electron chi connectivity index (χ4n) is 6.06. The van der Waals surface area contributed by atoms with Crippen LogP contribution < -0.4 is 24.6 Å². The van der Waals surface area contributed by atoms with Gasteiger partial charge in [0.25, 0.3) is 0 Å². The molecule has 3 heterocycles. The van der Waals surface area contributed by atoms with Crippen molar-refractivity contribution in [3.05, 3.63) is 77.6 Å². The quantitative estimate of drug-likeness (QED) is 0.114. The number of fused-ring (bicyclic) bond motifs is 2. The van der Waals surface area contributed by atoms with Gasteiger partial charge in [0, 0.05) is 17.0 Å². The molecule has 5 aromatic rings. The standard InChI is InChI=1S/C36H37F2N6O11P/c1-17(32(46)51-5)19-7-10-23-20(12-19)8-11-25(28(23)55-56(49)43-18(2)33(47)53-14-21-6-9-22(37)13-24(21)38)52-15-26-29(45)36(3,48)34(54-26)44-16-40-27-30(44)41-35(39)42-31(27)50-4/h6-13,16-18,26,29,34,45,48H,14-15H2,1-5H3,(H2,39,41,42)/t17-,18-,26+,29+,34?,36+/m0/s1. The normalized spacial score (nSPS) is 20.8. The first-order chi connectivity index (χ1) is 26.6. The number of rotatable bonds is 13. The molecule has 6 rings (SSSR count). The summed E-state index contributed by atoms with van der Waals surface area (Å²) in [5, 5.41) is 23.6. The van der Waals surface area contributed by atoms with Crippen molar-refractivity contribution in [1.82, 2.24) is 19.5 Å². The van der Waals surface area contributed by atoms with Crippen LogP contribution in [0.25, 0.3) is 21.9 Å². The van der Waals surface area contributed by atoms with Crippen LogP contribution in [-0.2, 0) is 30.4 Å². The Balaban J connectivity index is 1.26. The van der Waals surface area contributed by atoms with Gasteiger partial charge in [-0.2, -0.15) is 9.97 Å². The van der Waals surface area contributed by atoms with Crippen LogP contribution in [0.15, 0.2) is 59.6 Å². The summed E-state index contributed by atoms with van der Waals surface area (Å²) in [6.45, 7) is 3.44. The van der Waals surface area contributed by atoms with Crippen LogP contribution in [0, 0.1) is 11.6 Å². The molecule has 0 bridgehead atoms. The highest BCUT2D eigenvalue weighted by atomic mass is 31.1. The zero-order valence-electron chi connectivity index (χ0n) is 30.6. The number of ether oxygens (including phenoxy) is 5. The number of carbonyl (C=O) groups is 2. The molecule has 1 aliphatic rings. The van der Waals surface area contributed by atoms with E-state index in [0.717, 1.165) is 12.1 Å². The van der Waals surface area contributed by atoms with E-state index >= 15 is 0 Å². The summed E-state index contributed by atoms with van der Waals surface area (Å²) in [4.78, 5) is 50.7. The van der Waals surface area contributed by atoms with E-state index in [1.54, 1.807) is 31.2 Å². The molecule has 3 aromatic carbocycles. The lowest BCUT2D eigenvalue weighted by Gasteiger charge is -2.27. The number of halogens is 2. The van der Waals surface area contributed by atoms with E-state index in [-0.39, 0.29) is 46.7 Å². The Morgan fingerprint density at radius 1 is 1.12 bits per heavy atom. The van der Waals surface area contributed by atoms with Gasteiger partial charge in [-0.25, -0.2) is 18.6 Å². The van der Waals surface area contributed by atoms with Gasteiger partial charge in [-0.05, 0) is 56.0 Å². The molecule has 0 radical (unpaired) electrons. The minimum absolute atomic E-state index is 0.0176. The summed E-state index contributed by atoms with van der Waals surface area (Å²) >= 11 is 0. The third-order valence-electron chi connectivity index (χ3n) is 9.19. The average molecular weight is 799 g/mol. The number of imidazole rings is 1. The molecule has 56 heavy (non-hydrogen) atoms. The summed E-state index contributed by atoms with van der Waals surface area (Å²) in [5.74, 6) is -3.83. The highest BCUT2D eigenvalue weighted by molar-refractivity contribution is 7.34. The zero-order valence-corrected chi connectivity index (χ0v) is 31.5. The Labute approximate surface area is 318 Å². The lowest BCUT2D eigenvalue weighted by Crippen LogP contribution is -2.44. The number of carbonyl (C=O) groups excluding carboxylic acids is 2. The van der Waals surface area contributed by atoms with Crippen molar-refractivity contribution in [3.8, 4) is 17.4 Å². The topological polar surface area (TPSA) is 235 Å². The molecule has 0 aliphatic carbocycles. The fraction of sp³-hybridized carbons (Fsp3) is 0.361. The Morgan fingerprint density at radius 3 is 2.61 bits per heavy atom. The predicted octanol–water partition coefficient (Wildman–Crippen LogP) is 3.58. The van der Waals surface area contributed by atoms with Crippen LogP contribution in [0.1, 0.15) is 44.0 Å². The first-order valence-corrected chi connectivity index (χ1v) is 18.1. The highest BCUT2D eigenvalue weighted by Crippen LogP contribution is 2.43. The number of nitrogen functional groups attached to an aromatic ring is 1. The molecule has 1 saturated heterocycles. The van der Waals surface area contributed by atoms with Crippen molar-refractivity contribution < 1.29 is 61.7 Å². The van der Waals surface area contributed by atoms with Gasteiger partial charge in [0.1, 0.15) is 42.7 Å². The SMILES string of the molecule is COC(=O)[C@@H](C)c1ccc2c(O[P+]([O-])=N[C@@H](C)C(=O)OCc3ccc(F)cc3F)c(OC[C@H]3OC(n4cnc5c(OC)nc(N)nc54)[C@](C)(O)[C@@H]3O)ccc2c1. The number of aliphatic hydroxyl groups excluding tert-OH is 1. The van der Waals surface area contributed by atoms with Crippen molar-refractivity contribution in [2.45, 2.75) is 63.4 Å². The Hall–Kier alpha value is -5.59. The minimum Gasteiger partial charge on any atom is -0.575 e. The van der Waals surface area contributed by atoms with Crippen molar-refractivity contribution in [2.75, 3.05) is 26.6 Å². The van der Waals surface area contributed by atoms with E-state index in [1.807, 2.05) is 0 Å². The van der Waals surface area contributed by atoms with Crippen LogP contribution in [0.5, 0.6) is 17.4 Å². The monoisotopic (exact) mass is 798 g/mol. The number of hydrogen-bond donors (Lipinski definition) is 3. The van der Waals surface area contributed by atoms with Crippen LogP contribution >= 0.6 is 8.17 Å². The predicted molar refractivity (Wildman–Crippen MR) is 192 cm³/mol. The van der Waals surface area contributed by atoms with Gasteiger partial charge < -0.3 is 44.5 Å². The lowest BCUT2D eigenvalue weighted by atomic mass is 9.96. The van der Waals surface area contributed by atoms with E-state index in [9.17, 15) is 33.5 Å². The lowest BCUT2D eigenvalue weighted by molar-refractivity contribution is -0.169. The molecule has 2 aromatic heterocycles. The summed E-state index contributed by atoms with van der Waals surface area (Å²) in [5.41, 5.74) is 4.90. The second kappa shape index (κ2) is 16.3. The van der Waals surface area contributed by atoms with Gasteiger partial charge in [-0.15, -0.1) is 0 Å². The Bertz CT molecular complexity index is 2330. The van der Waals surface area contributed by atoms with Crippen LogP contribution in [0.3, 0.4) is 0 Å². The molecular formula is C36H37F2N6O11P. The summed E-state index contributed by atoms with van der Waals surface area (Å²) in [6, 6.07) is 9.56. The van der Waals surface area contributed by atoms with Crippen LogP contribution in [0.2, 0.25) is 0 Å². The molecule has 296 valence electrons. The third kappa shape index (κ3) is 8.03. The van der Waals surface area contributed by atoms with Crippen molar-refractivity contribution >= 4 is 48.0 Å². The second-order valence-corrected chi connectivity index (χ2v) is 13.9. The molecule has 1 aliphatic heterocycles. The average Bonchev–Trinajstić information content (AvgIpc) is 3.68. The van der Waals surface area contributed by atoms with Crippen LogP contribution in [0.4, 0.5) is 14.7 Å². The number of esters is 2. The molecule has 4 N–H and O–H groups in total. The summed E-state index contributed by atoms with van der Waals surface area (Å²) in [7, 11) is -0.337. The van der Waals surface area contributed by atoms with Gasteiger partial charge in [-0.3, -0.25) is 13.9 Å². The zero-order chi connectivity index (χ0) is 40.5. The first-order valence-electron chi connectivity index (χ1n) is 17.0. The van der Waals surface area contributed by atoms with Crippen LogP contribution in [-0.4, -0.2) is 86.3 Å². The third-order valence-corrected chi connectivity index (χ3v) is 10.1. The molecule has 0 saturated carbocycles. The molecular weight excluding hydrogens is 761 g/mol. The number of methoxy groups -OCH3 is 2. The number of anilines is 1. The molecule has 1 fully saturated rings. The Morgan fingerprint density at radius 2 is 1.89 bits per heavy atom. The molecule has 20 heteroatoms. The van der Waals surface area contributed by atoms with Crippen molar-refractivity contribution in [2.24, 2.45) is 4.74 Å². The highest BCUT2D eigenvalue weighted by Gasteiger charge is 2.54. The smallest absolute Gasteiger partial charge is 0.395 e. The number of hydrogen-bond acceptors (Lipinski definition) is 16. The molecule has 2 unspecified atom stereocenters. The van der Waals surface area contributed by atoms with Gasteiger partial charge >= 0.3 is 20.1 Å². The van der Waals surface area contributed by atoms with Crippen molar-refractivity contribution in [3.63, 3.8) is 0 Å². The van der Waals surface area contributed by atoms with E-state index in [1.165, 1.54) is 45.0 Å². The van der Waals surface area contributed by atoms with E-state index in [4.69, 9.17) is 33.9 Å². The molecule has 7 atom stereocenters. The number of benzene rings is 3. The van der Waals surface area contributed by atoms with Gasteiger partial charge in [0.15, 0.2) is 29.2 Å². The van der Waals surface area contributed by atoms with E-state index < -0.39 is 74.3 Å². The maximum atomic E-state index is 14.0. The maximum Gasteiger partial charge on any atom is 0.395 e. The summed E-state index contributed by atoms with van der Waals surface area (Å²) < 4.78 is 65.8. The van der Waals surface area contributed by atoms with Gasteiger partial charge in [0.05, 0.1) is 26.5 Å². The maximum absolute atomic E-state index is 14.0. The molecule has 0 spiro atoms. The van der Waals surface area contributed by atoms with Gasteiger partial charge in [0.2, 0.25) is 17.6 Å². The number of nitrogens with zero attached hydrogens (tertiary/aromatic N) is 5. The summed E-state index contributed by atoms with van der Waals surface area (Å²) in [6.07, 6.45) is -2.56. The first kappa shape index (κ1) is 40.1. The fourth-order valence-corrected chi connectivity index (χ4v) is 6.83. The van der Waals surface area contributed by atoms with Crippen molar-refractivity contribution in [1.29, 1.82) is 0 Å². The number of nitrogens with two attached hydrogens (primary N) is 1. The van der Waals surface area contributed by atoms with E-state index in [0.29, 0.717) is 22.4 Å². The molecule has 17 nitrogen and oxygen atoms in total. The largest absolute Gasteiger partial charge is 0.575 e.